The minimum Gasteiger partial charge on any atom is -0.396 e. The Labute approximate surface area is 200 Å². The van der Waals surface area contributed by atoms with Gasteiger partial charge in [0.1, 0.15) is 6.04 Å². The molecule has 1 aliphatic heterocycles. The predicted molar refractivity (Wildman–Crippen MR) is 129 cm³/mol. The van der Waals surface area contributed by atoms with Crippen molar-refractivity contribution in [2.75, 3.05) is 25.5 Å². The van der Waals surface area contributed by atoms with Gasteiger partial charge in [-0.1, -0.05) is 55.7 Å². The number of nitrogens with one attached hydrogen (secondary N) is 2. The molecule has 1 aromatic carbocycles. The van der Waals surface area contributed by atoms with Gasteiger partial charge in [0.05, 0.1) is 22.5 Å². The molecular weight excluding hydrogens is 442 g/mol. The quantitative estimate of drug-likeness (QED) is 0.357. The number of hydrogen-bond donors (Lipinski definition) is 3. The molecule has 1 fully saturated rings. The van der Waals surface area contributed by atoms with Crippen LogP contribution in [0.1, 0.15) is 39.0 Å². The molecule has 8 heteroatoms. The van der Waals surface area contributed by atoms with Gasteiger partial charge in [0.25, 0.3) is 0 Å². The van der Waals surface area contributed by atoms with Gasteiger partial charge in [0.2, 0.25) is 17.7 Å². The number of likely N-dealkylation sites (tertiary alicyclic amines) is 1. The van der Waals surface area contributed by atoms with Gasteiger partial charge in [0, 0.05) is 26.1 Å². The van der Waals surface area contributed by atoms with E-state index in [1.165, 1.54) is 0 Å². The van der Waals surface area contributed by atoms with Gasteiger partial charge in [-0.15, -0.1) is 0 Å². The molecule has 7 nitrogen and oxygen atoms in total. The highest BCUT2D eigenvalue weighted by atomic mass is 35.5. The summed E-state index contributed by atoms with van der Waals surface area (Å²) in [5, 5.41) is 15.1. The number of amides is 3. The maximum absolute atomic E-state index is 13.7. The van der Waals surface area contributed by atoms with Crippen molar-refractivity contribution in [3.05, 3.63) is 41.4 Å². The summed E-state index contributed by atoms with van der Waals surface area (Å²) in [5.41, 5.74) is 0.497. The summed E-state index contributed by atoms with van der Waals surface area (Å²) in [6.45, 7) is 2.58. The van der Waals surface area contributed by atoms with Crippen LogP contribution in [-0.2, 0) is 14.4 Å². The standard InChI is InChI=1S/C25H34ClN3O4/c1-3-16-12-13-17-21(20(16)23(31)27-2)25(33)29(14-8-4-5-9-15-30)22(17)24(32)28-19-11-7-6-10-18(19)26/h6-7,10-13,16-17,20-22,30H,3-5,8-9,14-15H2,1-2H3,(H,27,31)(H,28,32)/t16-,17+,20-,21+,22+/m1/s1. The van der Waals surface area contributed by atoms with Crippen LogP contribution in [0.25, 0.3) is 0 Å². The van der Waals surface area contributed by atoms with Crippen LogP contribution in [0, 0.1) is 23.7 Å². The third-order valence-corrected chi connectivity index (χ3v) is 7.17. The van der Waals surface area contributed by atoms with Crippen LogP contribution in [0.4, 0.5) is 5.69 Å². The average molecular weight is 476 g/mol. The summed E-state index contributed by atoms with van der Waals surface area (Å²) >= 11 is 6.25. The number of unbranched alkanes of at least 4 members (excludes halogenated alkanes) is 3. The predicted octanol–water partition coefficient (Wildman–Crippen LogP) is 3.23. The van der Waals surface area contributed by atoms with Crippen LogP contribution >= 0.6 is 11.6 Å². The zero-order chi connectivity index (χ0) is 24.0. The number of aliphatic hydroxyl groups is 1. The number of carbonyl (C=O) groups is 3. The van der Waals surface area contributed by atoms with Crippen LogP contribution in [0.15, 0.2) is 36.4 Å². The summed E-state index contributed by atoms with van der Waals surface area (Å²) in [5.74, 6) is -2.11. The molecule has 3 amide bonds. The van der Waals surface area contributed by atoms with Gasteiger partial charge in [-0.2, -0.15) is 0 Å². The maximum atomic E-state index is 13.7. The normalized spacial score (nSPS) is 26.2. The SMILES string of the molecule is CC[C@@H]1C=C[C@H]2[C@H](C(=O)N(CCCCCCO)[C@@H]2C(=O)Nc2ccccc2Cl)[C@@H]1C(=O)NC. The molecule has 0 radical (unpaired) electrons. The minimum absolute atomic E-state index is 0.0491. The number of carbonyl (C=O) groups excluding carboxylic acids is 3. The van der Waals surface area contributed by atoms with Gasteiger partial charge >= 0.3 is 0 Å². The van der Waals surface area contributed by atoms with Gasteiger partial charge in [-0.05, 0) is 37.3 Å². The molecule has 1 aromatic rings. The molecule has 2 aliphatic rings. The van der Waals surface area contributed by atoms with Gasteiger partial charge in [0.15, 0.2) is 0 Å². The molecule has 5 atom stereocenters. The number of allylic oxidation sites excluding steroid dienone is 1. The summed E-state index contributed by atoms with van der Waals surface area (Å²) in [6, 6.07) is 6.29. The van der Waals surface area contributed by atoms with Crippen LogP contribution < -0.4 is 10.6 Å². The Bertz CT molecular complexity index is 890. The second-order valence-corrected chi connectivity index (χ2v) is 9.19. The molecule has 180 valence electrons. The van der Waals surface area contributed by atoms with Crippen molar-refractivity contribution < 1.29 is 19.5 Å². The number of halogens is 1. The lowest BCUT2D eigenvalue weighted by Gasteiger charge is -2.33. The topological polar surface area (TPSA) is 98.7 Å². The minimum atomic E-state index is -0.710. The van der Waals surface area contributed by atoms with E-state index in [0.717, 1.165) is 32.1 Å². The summed E-state index contributed by atoms with van der Waals surface area (Å²) in [4.78, 5) is 41.6. The van der Waals surface area contributed by atoms with Crippen molar-refractivity contribution in [2.45, 2.75) is 45.1 Å². The number of para-hydroxylation sites is 1. The Morgan fingerprint density at radius 2 is 1.82 bits per heavy atom. The third kappa shape index (κ3) is 5.41. The molecule has 3 N–H and O–H groups in total. The largest absolute Gasteiger partial charge is 0.396 e. The first-order valence-electron chi connectivity index (χ1n) is 11.8. The monoisotopic (exact) mass is 475 g/mol. The van der Waals surface area contributed by atoms with E-state index >= 15 is 0 Å². The zero-order valence-electron chi connectivity index (χ0n) is 19.3. The lowest BCUT2D eigenvalue weighted by atomic mass is 9.69. The van der Waals surface area contributed by atoms with Crippen molar-refractivity contribution in [3.8, 4) is 0 Å². The fraction of sp³-hybridized carbons (Fsp3) is 0.560. The molecule has 1 aliphatic carbocycles. The van der Waals surface area contributed by atoms with Crippen LogP contribution in [-0.4, -0.2) is 54.0 Å². The number of hydrogen-bond acceptors (Lipinski definition) is 4. The highest BCUT2D eigenvalue weighted by molar-refractivity contribution is 6.33. The zero-order valence-corrected chi connectivity index (χ0v) is 20.1. The van der Waals surface area contributed by atoms with E-state index in [2.05, 4.69) is 10.6 Å². The van der Waals surface area contributed by atoms with Crippen molar-refractivity contribution in [2.24, 2.45) is 23.7 Å². The van der Waals surface area contributed by atoms with E-state index < -0.39 is 17.9 Å². The first kappa shape index (κ1) is 25.2. The molecule has 1 heterocycles. The maximum Gasteiger partial charge on any atom is 0.247 e. The second-order valence-electron chi connectivity index (χ2n) is 8.78. The smallest absolute Gasteiger partial charge is 0.247 e. The average Bonchev–Trinajstić information content (AvgIpc) is 3.10. The highest BCUT2D eigenvalue weighted by Gasteiger charge is 2.56. The summed E-state index contributed by atoms with van der Waals surface area (Å²) in [7, 11) is 1.59. The molecule has 1 saturated heterocycles. The number of nitrogens with zero attached hydrogens (tertiary/aromatic N) is 1. The molecule has 0 unspecified atom stereocenters. The van der Waals surface area contributed by atoms with Crippen molar-refractivity contribution in [3.63, 3.8) is 0 Å². The van der Waals surface area contributed by atoms with E-state index in [1.54, 1.807) is 36.2 Å². The number of aliphatic hydroxyl groups excluding tert-OH is 1. The fourth-order valence-electron chi connectivity index (χ4n) is 5.17. The third-order valence-electron chi connectivity index (χ3n) is 6.84. The van der Waals surface area contributed by atoms with E-state index in [1.807, 2.05) is 19.1 Å². The van der Waals surface area contributed by atoms with Crippen molar-refractivity contribution in [1.29, 1.82) is 0 Å². The van der Waals surface area contributed by atoms with E-state index in [9.17, 15) is 14.4 Å². The van der Waals surface area contributed by atoms with Gasteiger partial charge < -0.3 is 20.6 Å². The second kappa shape index (κ2) is 11.7. The van der Waals surface area contributed by atoms with E-state index in [0.29, 0.717) is 17.3 Å². The van der Waals surface area contributed by atoms with E-state index in [-0.39, 0.29) is 36.2 Å². The first-order valence-corrected chi connectivity index (χ1v) is 12.2. The van der Waals surface area contributed by atoms with Crippen LogP contribution in [0.3, 0.4) is 0 Å². The molecule has 0 aromatic heterocycles. The lowest BCUT2D eigenvalue weighted by Crippen LogP contribution is -2.45. The Hall–Kier alpha value is -2.38. The lowest BCUT2D eigenvalue weighted by molar-refractivity contribution is -0.140. The van der Waals surface area contributed by atoms with Crippen molar-refractivity contribution in [1.82, 2.24) is 10.2 Å². The summed E-state index contributed by atoms with van der Waals surface area (Å²) in [6.07, 6.45) is 7.85. The molecule has 0 bridgehead atoms. The van der Waals surface area contributed by atoms with Crippen LogP contribution in [0.5, 0.6) is 0 Å². The van der Waals surface area contributed by atoms with Crippen molar-refractivity contribution >= 4 is 35.0 Å². The highest BCUT2D eigenvalue weighted by Crippen LogP contribution is 2.45. The molecule has 0 saturated carbocycles. The Morgan fingerprint density at radius 3 is 2.48 bits per heavy atom. The Balaban J connectivity index is 1.90. The first-order chi connectivity index (χ1) is 15.9. The number of rotatable bonds is 10. The number of anilines is 1. The van der Waals surface area contributed by atoms with Gasteiger partial charge in [-0.25, -0.2) is 0 Å². The number of fused-ring (bicyclic) bond motifs is 1. The van der Waals surface area contributed by atoms with Gasteiger partial charge in [-0.3, -0.25) is 14.4 Å². The summed E-state index contributed by atoms with van der Waals surface area (Å²) < 4.78 is 0. The Morgan fingerprint density at radius 1 is 1.09 bits per heavy atom. The molecule has 33 heavy (non-hydrogen) atoms. The molecule has 0 spiro atoms. The fourth-order valence-corrected chi connectivity index (χ4v) is 5.35. The van der Waals surface area contributed by atoms with Crippen LogP contribution in [0.2, 0.25) is 5.02 Å². The Kier molecular flexibility index (Phi) is 8.92. The number of benzene rings is 1. The molecule has 3 rings (SSSR count). The molecular formula is C25H34ClN3O4. The van der Waals surface area contributed by atoms with E-state index in [4.69, 9.17) is 16.7 Å².